The van der Waals surface area contributed by atoms with E-state index in [1.165, 1.54) is 23.0 Å². The summed E-state index contributed by atoms with van der Waals surface area (Å²) in [4.78, 5) is 13.2. The van der Waals surface area contributed by atoms with Crippen LogP contribution in [0.25, 0.3) is 0 Å². The number of nitrogens with one attached hydrogen (secondary N) is 2. The number of aromatic nitrogens is 2. The van der Waals surface area contributed by atoms with Gasteiger partial charge in [0.25, 0.3) is 0 Å². The van der Waals surface area contributed by atoms with E-state index < -0.39 is 25.1 Å². The molecule has 43 heavy (non-hydrogen) atoms. The van der Waals surface area contributed by atoms with Gasteiger partial charge in [0, 0.05) is 19.3 Å². The molecule has 0 unspecified atom stereocenters. The fraction of sp³-hybridized carbons (Fsp3) is 0.536. The number of nitrogens with two attached hydrogens (primary N) is 1. The molecule has 2 aromatic rings. The molecule has 3 fully saturated rings. The van der Waals surface area contributed by atoms with E-state index in [0.29, 0.717) is 24.5 Å². The first kappa shape index (κ1) is 31.5. The number of hydrogen-bond acceptors (Lipinski definition) is 11. The minimum Gasteiger partial charge on any atom is -0.488 e. The molecule has 2 saturated carbocycles. The van der Waals surface area contributed by atoms with Gasteiger partial charge in [-0.15, -0.1) is 0 Å². The third-order valence-corrected chi connectivity index (χ3v) is 11.3. The summed E-state index contributed by atoms with van der Waals surface area (Å²) >= 11 is 6.41. The van der Waals surface area contributed by atoms with Gasteiger partial charge in [-0.2, -0.15) is 4.98 Å². The maximum Gasteiger partial charge on any atom is 0.229 e. The van der Waals surface area contributed by atoms with Crippen LogP contribution in [0.15, 0.2) is 40.1 Å². The summed E-state index contributed by atoms with van der Waals surface area (Å²) in [5.41, 5.74) is 7.96. The molecule has 1 aliphatic heterocycles. The van der Waals surface area contributed by atoms with Gasteiger partial charge in [-0.25, -0.2) is 26.1 Å². The predicted octanol–water partition coefficient (Wildman–Crippen LogP) is 4.15. The fourth-order valence-electron chi connectivity index (χ4n) is 4.61. The normalized spacial score (nSPS) is 19.5. The van der Waals surface area contributed by atoms with Crippen LogP contribution >= 0.6 is 11.6 Å². The number of allylic oxidation sites excluding steroid dienone is 1. The molecule has 15 heteroatoms. The first-order valence-electron chi connectivity index (χ1n) is 14.4. The molecule has 4 N–H and O–H groups in total. The average molecular weight is 652 g/mol. The van der Waals surface area contributed by atoms with Crippen LogP contribution in [0, 0.1) is 0 Å². The van der Waals surface area contributed by atoms with Crippen LogP contribution in [-0.4, -0.2) is 74.1 Å². The smallest absolute Gasteiger partial charge is 0.229 e. The molecular weight excluding hydrogens is 614 g/mol. The maximum absolute atomic E-state index is 12.8. The van der Waals surface area contributed by atoms with Crippen LogP contribution in [0.4, 0.5) is 17.5 Å². The molecule has 1 aromatic heterocycles. The number of halogens is 1. The highest BCUT2D eigenvalue weighted by Crippen LogP contribution is 2.38. The summed E-state index contributed by atoms with van der Waals surface area (Å²) in [6.45, 7) is 4.09. The standard InChI is InChI=1S/C28H38ClN7O5S2/c1-17(2)43(39,40)26(30)24(16-31-20-5-6-20)33-27-22(29)15-32-28(35-27)34-23-9-4-19(14-25(23)41-21-7-8-21)18-10-12-36(13-11-18)42(3,37)38/h4,9,14-18,20-21H,5-8,10-13,30H2,1-3H3,(H2,32,33,34,35). The van der Waals surface area contributed by atoms with Crippen LogP contribution in [0.3, 0.4) is 0 Å². The molecule has 0 amide bonds. The third-order valence-electron chi connectivity index (χ3n) is 7.62. The first-order chi connectivity index (χ1) is 20.3. The second kappa shape index (κ2) is 12.6. The minimum atomic E-state index is -3.78. The van der Waals surface area contributed by atoms with Crippen LogP contribution < -0.4 is 21.1 Å². The molecule has 1 saturated heterocycles. The molecule has 234 valence electrons. The molecule has 0 bridgehead atoms. The highest BCUT2D eigenvalue weighted by molar-refractivity contribution is 7.95. The van der Waals surface area contributed by atoms with Gasteiger partial charge < -0.3 is 21.1 Å². The zero-order valence-electron chi connectivity index (χ0n) is 24.5. The number of piperidine rings is 1. The Labute approximate surface area is 258 Å². The highest BCUT2D eigenvalue weighted by atomic mass is 35.5. The molecular formula is C28H38ClN7O5S2. The summed E-state index contributed by atoms with van der Waals surface area (Å²) in [6, 6.07) is 6.06. The van der Waals surface area contributed by atoms with Crippen molar-refractivity contribution in [1.82, 2.24) is 14.3 Å². The van der Waals surface area contributed by atoms with Crippen molar-refractivity contribution < 1.29 is 21.6 Å². The number of anilines is 3. The average Bonchev–Trinajstić information content (AvgIpc) is 3.89. The second-order valence-corrected chi connectivity index (χ2v) is 16.4. The Kier molecular flexibility index (Phi) is 9.21. The van der Waals surface area contributed by atoms with Gasteiger partial charge in [0.1, 0.15) is 10.8 Å². The van der Waals surface area contributed by atoms with Crippen molar-refractivity contribution in [2.75, 3.05) is 30.0 Å². The van der Waals surface area contributed by atoms with E-state index in [1.54, 1.807) is 13.8 Å². The zero-order valence-corrected chi connectivity index (χ0v) is 26.8. The number of hydrogen-bond donors (Lipinski definition) is 3. The van der Waals surface area contributed by atoms with Crippen molar-refractivity contribution in [3.05, 3.63) is 45.7 Å². The van der Waals surface area contributed by atoms with Crippen molar-refractivity contribution in [2.45, 2.75) is 75.7 Å². The topological polar surface area (TPSA) is 169 Å². The molecule has 12 nitrogen and oxygen atoms in total. The Hall–Kier alpha value is -2.94. The zero-order chi connectivity index (χ0) is 30.9. The second-order valence-electron chi connectivity index (χ2n) is 11.5. The third kappa shape index (κ3) is 7.97. The SMILES string of the molecule is CC(C)S(=O)(=O)C(N)=C(C=NC1CC1)Nc1nc(Nc2ccc(C3CCN(S(C)(=O)=O)CC3)cc2OC2CC2)ncc1Cl. The van der Waals surface area contributed by atoms with Gasteiger partial charge in [-0.05, 0) is 76.0 Å². The molecule has 1 aromatic carbocycles. The Morgan fingerprint density at radius 2 is 1.84 bits per heavy atom. The van der Waals surface area contributed by atoms with Crippen molar-refractivity contribution >= 4 is 55.1 Å². The van der Waals surface area contributed by atoms with Crippen LogP contribution in [-0.2, 0) is 19.9 Å². The van der Waals surface area contributed by atoms with E-state index in [2.05, 4.69) is 25.6 Å². The summed E-state index contributed by atoms with van der Waals surface area (Å²) in [7, 11) is -6.98. The van der Waals surface area contributed by atoms with E-state index in [-0.39, 0.29) is 45.6 Å². The van der Waals surface area contributed by atoms with Gasteiger partial charge in [0.15, 0.2) is 20.7 Å². The Morgan fingerprint density at radius 1 is 1.14 bits per heavy atom. The number of ether oxygens (including phenoxy) is 1. The number of benzene rings is 1. The van der Waals surface area contributed by atoms with Crippen molar-refractivity contribution in [3.8, 4) is 5.75 Å². The largest absolute Gasteiger partial charge is 0.488 e. The van der Waals surface area contributed by atoms with Crippen LogP contribution in [0.2, 0.25) is 5.02 Å². The quantitative estimate of drug-likeness (QED) is 0.283. The molecule has 2 heterocycles. The maximum atomic E-state index is 12.8. The van der Waals surface area contributed by atoms with E-state index >= 15 is 0 Å². The van der Waals surface area contributed by atoms with E-state index in [9.17, 15) is 16.8 Å². The Morgan fingerprint density at radius 3 is 2.44 bits per heavy atom. The predicted molar refractivity (Wildman–Crippen MR) is 169 cm³/mol. The number of sulfonamides is 1. The first-order valence-corrected chi connectivity index (χ1v) is 18.2. The minimum absolute atomic E-state index is 0.0937. The summed E-state index contributed by atoms with van der Waals surface area (Å²) in [6.07, 6.45) is 9.50. The monoisotopic (exact) mass is 651 g/mol. The Bertz CT molecular complexity index is 1630. The molecule has 3 aliphatic rings. The number of aliphatic imine (C=N–C) groups is 1. The summed E-state index contributed by atoms with van der Waals surface area (Å²) < 4.78 is 57.3. The van der Waals surface area contributed by atoms with E-state index in [4.69, 9.17) is 22.1 Å². The van der Waals surface area contributed by atoms with Gasteiger partial charge in [-0.3, -0.25) is 4.99 Å². The molecule has 0 atom stereocenters. The lowest BCUT2D eigenvalue weighted by Crippen LogP contribution is -2.37. The van der Waals surface area contributed by atoms with E-state index in [0.717, 1.165) is 44.1 Å². The van der Waals surface area contributed by atoms with Gasteiger partial charge in [-0.1, -0.05) is 17.7 Å². The fourth-order valence-corrected chi connectivity index (χ4v) is 6.54. The molecule has 0 radical (unpaired) electrons. The van der Waals surface area contributed by atoms with Crippen molar-refractivity contribution in [1.29, 1.82) is 0 Å². The molecule has 5 rings (SSSR count). The van der Waals surface area contributed by atoms with Crippen molar-refractivity contribution in [3.63, 3.8) is 0 Å². The number of sulfone groups is 1. The molecule has 2 aliphatic carbocycles. The van der Waals surface area contributed by atoms with E-state index in [1.807, 2.05) is 18.2 Å². The lowest BCUT2D eigenvalue weighted by molar-refractivity contribution is 0.301. The van der Waals surface area contributed by atoms with Crippen molar-refractivity contribution in [2.24, 2.45) is 10.7 Å². The lowest BCUT2D eigenvalue weighted by Gasteiger charge is -2.30. The Balaban J connectivity index is 1.39. The number of nitrogens with zero attached hydrogens (tertiary/aromatic N) is 4. The number of rotatable bonds is 12. The van der Waals surface area contributed by atoms with Crippen LogP contribution in [0.1, 0.15) is 63.9 Å². The molecule has 0 spiro atoms. The van der Waals surface area contributed by atoms with Gasteiger partial charge in [0.05, 0.1) is 41.2 Å². The highest BCUT2D eigenvalue weighted by Gasteiger charge is 2.29. The van der Waals surface area contributed by atoms with Gasteiger partial charge >= 0.3 is 0 Å². The van der Waals surface area contributed by atoms with Crippen LogP contribution in [0.5, 0.6) is 5.75 Å². The van der Waals surface area contributed by atoms with Gasteiger partial charge in [0.2, 0.25) is 16.0 Å². The lowest BCUT2D eigenvalue weighted by atomic mass is 9.90. The summed E-state index contributed by atoms with van der Waals surface area (Å²) in [5.74, 6) is 1.25. The summed E-state index contributed by atoms with van der Waals surface area (Å²) in [5, 5.41) is 5.28.